The van der Waals surface area contributed by atoms with Crippen molar-refractivity contribution < 1.29 is 0 Å². The zero-order chi connectivity index (χ0) is 36.7. The molecule has 0 aliphatic heterocycles. The Hall–Kier alpha value is -6.90. The molecule has 55 heavy (non-hydrogen) atoms. The third kappa shape index (κ3) is 4.81. The van der Waals surface area contributed by atoms with Crippen molar-refractivity contribution in [2.24, 2.45) is 0 Å². The Morgan fingerprint density at radius 2 is 1.05 bits per heavy atom. The van der Waals surface area contributed by atoms with Crippen molar-refractivity contribution in [1.29, 1.82) is 0 Å². The molecule has 0 N–H and O–H groups in total. The summed E-state index contributed by atoms with van der Waals surface area (Å²) in [6.07, 6.45) is 0. The van der Waals surface area contributed by atoms with Crippen LogP contribution in [-0.4, -0.2) is 4.57 Å². The quantitative estimate of drug-likeness (QED) is 0.173. The first-order valence-corrected chi connectivity index (χ1v) is 19.2. The topological polar surface area (TPSA) is 8.17 Å². The molecule has 260 valence electrons. The largest absolute Gasteiger partial charge is 0.310 e. The molecule has 10 aromatic rings. The fourth-order valence-corrected chi connectivity index (χ4v) is 9.28. The predicted molar refractivity (Wildman–Crippen MR) is 233 cm³/mol. The Labute approximate surface area is 321 Å². The van der Waals surface area contributed by atoms with Gasteiger partial charge in [0.2, 0.25) is 0 Å². The van der Waals surface area contributed by atoms with Crippen molar-refractivity contribution in [1.82, 2.24) is 4.57 Å². The van der Waals surface area contributed by atoms with Crippen molar-refractivity contribution in [2.45, 2.75) is 19.3 Å². The number of para-hydroxylation sites is 2. The summed E-state index contributed by atoms with van der Waals surface area (Å²) >= 11 is 0. The Balaban J connectivity index is 1.05. The minimum Gasteiger partial charge on any atom is -0.310 e. The van der Waals surface area contributed by atoms with Gasteiger partial charge in [0.05, 0.1) is 16.7 Å². The molecular weight excluding hydrogens is 665 g/mol. The summed E-state index contributed by atoms with van der Waals surface area (Å²) in [5.41, 5.74) is 14.8. The van der Waals surface area contributed by atoms with Crippen LogP contribution in [0.2, 0.25) is 0 Å². The third-order valence-corrected chi connectivity index (χ3v) is 12.0. The Kier molecular flexibility index (Phi) is 6.93. The minimum atomic E-state index is -0.0852. The molecule has 2 heteroatoms. The number of aromatic nitrogens is 1. The van der Waals surface area contributed by atoms with Crippen LogP contribution in [0.5, 0.6) is 0 Å². The van der Waals surface area contributed by atoms with Gasteiger partial charge in [-0.05, 0) is 110 Å². The summed E-state index contributed by atoms with van der Waals surface area (Å²) in [6, 6.07) is 71.3. The lowest BCUT2D eigenvalue weighted by Crippen LogP contribution is -2.15. The van der Waals surface area contributed by atoms with E-state index in [-0.39, 0.29) is 5.41 Å². The minimum absolute atomic E-state index is 0.0852. The SMILES string of the molecule is CC1(C)c2cc(-c3ccc(N(c4ccc5c(c4)c4ccccc4n5-c4ccccc4)c4cccc5ccccc45)cc3)ccc2-c2c1ccc1ccccc21. The van der Waals surface area contributed by atoms with Gasteiger partial charge in [-0.2, -0.15) is 0 Å². The molecule has 2 nitrogen and oxygen atoms in total. The summed E-state index contributed by atoms with van der Waals surface area (Å²) in [6.45, 7) is 4.74. The van der Waals surface area contributed by atoms with E-state index in [0.717, 1.165) is 22.7 Å². The second kappa shape index (κ2) is 12.1. The van der Waals surface area contributed by atoms with E-state index in [1.807, 2.05) is 0 Å². The number of rotatable bonds is 5. The molecule has 1 aliphatic carbocycles. The normalized spacial score (nSPS) is 13.1. The molecule has 1 aliphatic rings. The molecule has 0 spiro atoms. The summed E-state index contributed by atoms with van der Waals surface area (Å²) in [5, 5.41) is 7.54. The molecule has 0 amide bonds. The predicted octanol–water partition coefficient (Wildman–Crippen LogP) is 14.5. The van der Waals surface area contributed by atoms with E-state index < -0.39 is 0 Å². The van der Waals surface area contributed by atoms with Crippen molar-refractivity contribution in [2.75, 3.05) is 4.90 Å². The monoisotopic (exact) mass is 702 g/mol. The molecule has 0 fully saturated rings. The summed E-state index contributed by atoms with van der Waals surface area (Å²) < 4.78 is 2.38. The molecule has 0 saturated carbocycles. The highest BCUT2D eigenvalue weighted by Gasteiger charge is 2.36. The van der Waals surface area contributed by atoms with Gasteiger partial charge in [0.15, 0.2) is 0 Å². The van der Waals surface area contributed by atoms with E-state index in [9.17, 15) is 0 Å². The summed E-state index contributed by atoms with van der Waals surface area (Å²) in [7, 11) is 0. The maximum Gasteiger partial charge on any atom is 0.0542 e. The van der Waals surface area contributed by atoms with Crippen LogP contribution >= 0.6 is 0 Å². The van der Waals surface area contributed by atoms with E-state index in [1.165, 1.54) is 76.7 Å². The molecule has 0 bridgehead atoms. The van der Waals surface area contributed by atoms with Crippen LogP contribution in [0.25, 0.3) is 71.3 Å². The van der Waals surface area contributed by atoms with Gasteiger partial charge in [-0.1, -0.05) is 147 Å². The third-order valence-electron chi connectivity index (χ3n) is 12.0. The zero-order valence-corrected chi connectivity index (χ0v) is 30.9. The van der Waals surface area contributed by atoms with Gasteiger partial charge in [-0.25, -0.2) is 0 Å². The van der Waals surface area contributed by atoms with E-state index in [0.29, 0.717) is 0 Å². The van der Waals surface area contributed by atoms with Gasteiger partial charge in [-0.3, -0.25) is 0 Å². The molecule has 1 heterocycles. The van der Waals surface area contributed by atoms with Crippen LogP contribution in [0.1, 0.15) is 25.0 Å². The van der Waals surface area contributed by atoms with Crippen LogP contribution < -0.4 is 4.90 Å². The molecular formula is C53H38N2. The first kappa shape index (κ1) is 31.6. The lowest BCUT2D eigenvalue weighted by atomic mass is 9.81. The average molecular weight is 703 g/mol. The standard InChI is InChI=1S/C53H38N2/c1-53(2)47-31-26-37-14-7-9-19-43(37)52(47)45-30-25-38(33-48(45)53)35-23-27-40(28-24-35)54(49-22-12-15-36-13-6-8-18-42(36)49)41-29-32-51-46(34-41)44-20-10-11-21-50(44)55(51)39-16-4-3-5-17-39/h3-34H,1-2H3. The fraction of sp³-hybridized carbons (Fsp3) is 0.0566. The van der Waals surface area contributed by atoms with Crippen LogP contribution in [-0.2, 0) is 5.41 Å². The second-order valence-corrected chi connectivity index (χ2v) is 15.4. The highest BCUT2D eigenvalue weighted by atomic mass is 15.1. The van der Waals surface area contributed by atoms with Crippen molar-refractivity contribution in [3.63, 3.8) is 0 Å². The van der Waals surface area contributed by atoms with Gasteiger partial charge in [0.1, 0.15) is 0 Å². The molecule has 0 radical (unpaired) electrons. The van der Waals surface area contributed by atoms with Crippen molar-refractivity contribution in [3.05, 3.63) is 205 Å². The Morgan fingerprint density at radius 3 is 1.87 bits per heavy atom. The number of hydrogen-bond donors (Lipinski definition) is 0. The number of fused-ring (bicyclic) bond motifs is 9. The maximum atomic E-state index is 2.43. The molecule has 11 rings (SSSR count). The molecule has 0 unspecified atom stereocenters. The van der Waals surface area contributed by atoms with Gasteiger partial charge >= 0.3 is 0 Å². The Bertz CT molecular complexity index is 3110. The first-order chi connectivity index (χ1) is 27.0. The van der Waals surface area contributed by atoms with Crippen molar-refractivity contribution in [3.8, 4) is 27.9 Å². The van der Waals surface area contributed by atoms with E-state index in [1.54, 1.807) is 0 Å². The fourth-order valence-electron chi connectivity index (χ4n) is 9.28. The lowest BCUT2D eigenvalue weighted by molar-refractivity contribution is 0.661. The van der Waals surface area contributed by atoms with Gasteiger partial charge in [0, 0.05) is 38.6 Å². The molecule has 0 atom stereocenters. The molecule has 9 aromatic carbocycles. The average Bonchev–Trinajstić information content (AvgIpc) is 3.69. The number of nitrogens with zero attached hydrogens (tertiary/aromatic N) is 2. The Morgan fingerprint density at radius 1 is 0.418 bits per heavy atom. The van der Waals surface area contributed by atoms with E-state index in [2.05, 4.69) is 217 Å². The summed E-state index contributed by atoms with van der Waals surface area (Å²) in [5.74, 6) is 0. The first-order valence-electron chi connectivity index (χ1n) is 19.2. The maximum absolute atomic E-state index is 2.43. The number of hydrogen-bond acceptors (Lipinski definition) is 1. The second-order valence-electron chi connectivity index (χ2n) is 15.4. The van der Waals surface area contributed by atoms with Gasteiger partial charge in [-0.15, -0.1) is 0 Å². The summed E-state index contributed by atoms with van der Waals surface area (Å²) in [4.78, 5) is 2.42. The van der Waals surface area contributed by atoms with Gasteiger partial charge < -0.3 is 9.47 Å². The van der Waals surface area contributed by atoms with E-state index in [4.69, 9.17) is 0 Å². The van der Waals surface area contributed by atoms with Crippen molar-refractivity contribution >= 4 is 60.4 Å². The molecule has 1 aromatic heterocycles. The number of benzene rings is 9. The van der Waals surface area contributed by atoms with Crippen LogP contribution in [0.15, 0.2) is 194 Å². The lowest BCUT2D eigenvalue weighted by Gasteiger charge is -2.27. The highest BCUT2D eigenvalue weighted by molar-refractivity contribution is 6.11. The number of anilines is 3. The van der Waals surface area contributed by atoms with Crippen LogP contribution in [0, 0.1) is 0 Å². The van der Waals surface area contributed by atoms with Crippen LogP contribution in [0.3, 0.4) is 0 Å². The van der Waals surface area contributed by atoms with Gasteiger partial charge in [0.25, 0.3) is 0 Å². The smallest absolute Gasteiger partial charge is 0.0542 e. The van der Waals surface area contributed by atoms with E-state index >= 15 is 0 Å². The highest BCUT2D eigenvalue weighted by Crippen LogP contribution is 2.52. The zero-order valence-electron chi connectivity index (χ0n) is 30.9. The molecule has 0 saturated heterocycles. The van der Waals surface area contributed by atoms with Crippen LogP contribution in [0.4, 0.5) is 17.1 Å².